The largest absolute Gasteiger partial charge is 0.488 e. The standard InChI is InChI=1S/C25H19FO5/c1-15-21(30-14-16-6-8-18(9-7-16)25(28)29-2)11-10-20-23(27)22(31-24(15)20)13-17-4-3-5-19(26)12-17/h3-13H,14H2,1-2H3/b22-13-. The Hall–Kier alpha value is -3.93. The number of benzene rings is 3. The molecule has 31 heavy (non-hydrogen) atoms. The number of hydrogen-bond donors (Lipinski definition) is 0. The number of allylic oxidation sites excluding steroid dienone is 1. The summed E-state index contributed by atoms with van der Waals surface area (Å²) in [5.74, 6) is 0.114. The lowest BCUT2D eigenvalue weighted by Crippen LogP contribution is -2.02. The molecule has 3 aromatic carbocycles. The highest BCUT2D eigenvalue weighted by Crippen LogP contribution is 2.39. The van der Waals surface area contributed by atoms with Crippen molar-refractivity contribution in [1.29, 1.82) is 0 Å². The highest BCUT2D eigenvalue weighted by Gasteiger charge is 2.30. The van der Waals surface area contributed by atoms with E-state index >= 15 is 0 Å². The molecule has 0 atom stereocenters. The minimum absolute atomic E-state index is 0.138. The van der Waals surface area contributed by atoms with Gasteiger partial charge in [0.05, 0.1) is 18.2 Å². The van der Waals surface area contributed by atoms with Gasteiger partial charge >= 0.3 is 5.97 Å². The van der Waals surface area contributed by atoms with Crippen molar-refractivity contribution < 1.29 is 28.2 Å². The zero-order chi connectivity index (χ0) is 22.0. The van der Waals surface area contributed by atoms with Crippen LogP contribution in [0.15, 0.2) is 66.4 Å². The van der Waals surface area contributed by atoms with Crippen LogP contribution in [-0.4, -0.2) is 18.9 Å². The Balaban J connectivity index is 1.51. The van der Waals surface area contributed by atoms with E-state index in [4.69, 9.17) is 9.47 Å². The highest BCUT2D eigenvalue weighted by molar-refractivity contribution is 6.14. The molecule has 0 spiro atoms. The fourth-order valence-electron chi connectivity index (χ4n) is 3.29. The molecular formula is C25H19FO5. The van der Waals surface area contributed by atoms with Crippen LogP contribution in [0.1, 0.15) is 37.4 Å². The zero-order valence-electron chi connectivity index (χ0n) is 17.0. The molecule has 0 aliphatic carbocycles. The van der Waals surface area contributed by atoms with Crippen molar-refractivity contribution in [2.75, 3.05) is 7.11 Å². The molecule has 1 aliphatic heterocycles. The number of fused-ring (bicyclic) bond motifs is 1. The maximum atomic E-state index is 13.4. The maximum absolute atomic E-state index is 13.4. The maximum Gasteiger partial charge on any atom is 0.337 e. The van der Waals surface area contributed by atoms with Crippen LogP contribution in [0, 0.1) is 12.7 Å². The second-order valence-electron chi connectivity index (χ2n) is 7.04. The first kappa shape index (κ1) is 20.3. The van der Waals surface area contributed by atoms with E-state index in [9.17, 15) is 14.0 Å². The Morgan fingerprint density at radius 1 is 1.10 bits per heavy atom. The van der Waals surface area contributed by atoms with Gasteiger partial charge in [-0.05, 0) is 60.5 Å². The van der Waals surface area contributed by atoms with E-state index in [1.165, 1.54) is 25.3 Å². The summed E-state index contributed by atoms with van der Waals surface area (Å²) in [4.78, 5) is 24.2. The van der Waals surface area contributed by atoms with E-state index in [-0.39, 0.29) is 24.0 Å². The smallest absolute Gasteiger partial charge is 0.337 e. The molecule has 6 heteroatoms. The van der Waals surface area contributed by atoms with Gasteiger partial charge in [-0.25, -0.2) is 9.18 Å². The van der Waals surface area contributed by atoms with Crippen LogP contribution in [0.25, 0.3) is 6.08 Å². The van der Waals surface area contributed by atoms with Gasteiger partial charge in [0.2, 0.25) is 5.78 Å². The van der Waals surface area contributed by atoms with Crippen molar-refractivity contribution in [3.8, 4) is 11.5 Å². The van der Waals surface area contributed by atoms with Crippen LogP contribution in [0.5, 0.6) is 11.5 Å². The van der Waals surface area contributed by atoms with Crippen LogP contribution >= 0.6 is 0 Å². The van der Waals surface area contributed by atoms with Gasteiger partial charge in [0.1, 0.15) is 23.9 Å². The van der Waals surface area contributed by atoms with E-state index in [1.54, 1.807) is 48.5 Å². The van der Waals surface area contributed by atoms with Gasteiger partial charge in [-0.3, -0.25) is 4.79 Å². The molecule has 0 bridgehead atoms. The molecule has 3 aromatic rings. The Labute approximate surface area is 178 Å². The van der Waals surface area contributed by atoms with Crippen LogP contribution in [-0.2, 0) is 11.3 Å². The summed E-state index contributed by atoms with van der Waals surface area (Å²) in [7, 11) is 1.33. The summed E-state index contributed by atoms with van der Waals surface area (Å²) in [5.41, 5.74) is 3.01. The van der Waals surface area contributed by atoms with Gasteiger partial charge in [-0.2, -0.15) is 0 Å². The van der Waals surface area contributed by atoms with Crippen LogP contribution in [0.2, 0.25) is 0 Å². The van der Waals surface area contributed by atoms with Gasteiger partial charge in [0.25, 0.3) is 0 Å². The van der Waals surface area contributed by atoms with E-state index in [1.807, 2.05) is 6.92 Å². The first-order valence-electron chi connectivity index (χ1n) is 9.59. The van der Waals surface area contributed by atoms with E-state index in [0.29, 0.717) is 33.8 Å². The number of rotatable bonds is 5. The molecule has 0 saturated carbocycles. The van der Waals surface area contributed by atoms with Gasteiger partial charge in [0, 0.05) is 5.56 Å². The number of ether oxygens (including phenoxy) is 3. The van der Waals surface area contributed by atoms with Gasteiger partial charge in [-0.15, -0.1) is 0 Å². The predicted molar refractivity (Wildman–Crippen MR) is 113 cm³/mol. The second kappa shape index (κ2) is 8.44. The third-order valence-electron chi connectivity index (χ3n) is 4.95. The minimum atomic E-state index is -0.397. The summed E-state index contributed by atoms with van der Waals surface area (Å²) in [6.45, 7) is 2.09. The molecule has 0 amide bonds. The Morgan fingerprint density at radius 3 is 2.58 bits per heavy atom. The molecule has 1 heterocycles. The summed E-state index contributed by atoms with van der Waals surface area (Å²) in [5, 5.41) is 0. The number of carbonyl (C=O) groups is 2. The number of carbonyl (C=O) groups excluding carboxylic acids is 2. The molecule has 4 rings (SSSR count). The minimum Gasteiger partial charge on any atom is -0.488 e. The average Bonchev–Trinajstić information content (AvgIpc) is 3.09. The molecule has 0 fully saturated rings. The number of esters is 1. The molecule has 1 aliphatic rings. The lowest BCUT2D eigenvalue weighted by atomic mass is 10.1. The van der Waals surface area contributed by atoms with Crippen molar-refractivity contribution in [1.82, 2.24) is 0 Å². The third kappa shape index (κ3) is 4.19. The molecule has 0 N–H and O–H groups in total. The summed E-state index contributed by atoms with van der Waals surface area (Å²) >= 11 is 0. The van der Waals surface area contributed by atoms with Crippen LogP contribution < -0.4 is 9.47 Å². The molecule has 0 unspecified atom stereocenters. The highest BCUT2D eigenvalue weighted by atomic mass is 19.1. The fraction of sp³-hybridized carbons (Fsp3) is 0.120. The Morgan fingerprint density at radius 2 is 1.87 bits per heavy atom. The van der Waals surface area contributed by atoms with E-state index in [2.05, 4.69) is 4.74 Å². The number of Topliss-reactive ketones (excluding diaryl/α,β-unsaturated/α-hetero) is 1. The van der Waals surface area contributed by atoms with E-state index < -0.39 is 5.97 Å². The fourth-order valence-corrected chi connectivity index (χ4v) is 3.29. The molecule has 156 valence electrons. The average molecular weight is 418 g/mol. The second-order valence-corrected chi connectivity index (χ2v) is 7.04. The topological polar surface area (TPSA) is 61.8 Å². The SMILES string of the molecule is COC(=O)c1ccc(COc2ccc3c(c2C)O/C(=C\c2cccc(F)c2)C3=O)cc1. The normalized spacial score (nSPS) is 13.6. The lowest BCUT2D eigenvalue weighted by molar-refractivity contribution is 0.0600. The van der Waals surface area contributed by atoms with Gasteiger partial charge in [0.15, 0.2) is 5.76 Å². The number of halogens is 1. The summed E-state index contributed by atoms with van der Waals surface area (Å²) in [6, 6.07) is 16.2. The zero-order valence-corrected chi connectivity index (χ0v) is 17.0. The van der Waals surface area contributed by atoms with E-state index in [0.717, 1.165) is 5.56 Å². The first-order valence-corrected chi connectivity index (χ1v) is 9.59. The lowest BCUT2D eigenvalue weighted by Gasteiger charge is -2.12. The Bertz CT molecular complexity index is 1200. The number of methoxy groups -OCH3 is 1. The van der Waals surface area contributed by atoms with Gasteiger partial charge in [-0.1, -0.05) is 24.3 Å². The van der Waals surface area contributed by atoms with Crippen molar-refractivity contribution in [3.05, 3.63) is 100 Å². The molecule has 0 radical (unpaired) electrons. The van der Waals surface area contributed by atoms with Crippen molar-refractivity contribution in [2.45, 2.75) is 13.5 Å². The van der Waals surface area contributed by atoms with Crippen molar-refractivity contribution >= 4 is 17.8 Å². The van der Waals surface area contributed by atoms with Crippen molar-refractivity contribution in [3.63, 3.8) is 0 Å². The number of hydrogen-bond acceptors (Lipinski definition) is 5. The number of ketones is 1. The van der Waals surface area contributed by atoms with Gasteiger partial charge < -0.3 is 14.2 Å². The van der Waals surface area contributed by atoms with Crippen molar-refractivity contribution in [2.24, 2.45) is 0 Å². The molecular weight excluding hydrogens is 399 g/mol. The quantitative estimate of drug-likeness (QED) is 0.425. The molecule has 5 nitrogen and oxygen atoms in total. The summed E-state index contributed by atoms with van der Waals surface area (Å²) in [6.07, 6.45) is 1.52. The predicted octanol–water partition coefficient (Wildman–Crippen LogP) is 5.12. The summed E-state index contributed by atoms with van der Waals surface area (Å²) < 4.78 is 29.8. The van der Waals surface area contributed by atoms with Crippen LogP contribution in [0.3, 0.4) is 0 Å². The van der Waals surface area contributed by atoms with Crippen LogP contribution in [0.4, 0.5) is 4.39 Å². The monoisotopic (exact) mass is 418 g/mol. The first-order chi connectivity index (χ1) is 15.0. The molecule has 0 saturated heterocycles. The third-order valence-corrected chi connectivity index (χ3v) is 4.95. The molecule has 0 aromatic heterocycles. The Kier molecular flexibility index (Phi) is 5.54.